The number of thioether (sulfide) groups is 1. The predicted octanol–water partition coefficient (Wildman–Crippen LogP) is 5.47. The van der Waals surface area contributed by atoms with E-state index in [-0.39, 0.29) is 0 Å². The summed E-state index contributed by atoms with van der Waals surface area (Å²) in [4.78, 5) is 0. The lowest BCUT2D eigenvalue weighted by Gasteiger charge is -2.13. The molecule has 0 aliphatic heterocycles. The third-order valence-electron chi connectivity index (χ3n) is 5.14. The Kier molecular flexibility index (Phi) is 8.00. The molecule has 0 bridgehead atoms. The summed E-state index contributed by atoms with van der Waals surface area (Å²) in [5, 5.41) is 9.69. The molecule has 3 aromatic carbocycles. The van der Waals surface area contributed by atoms with Crippen LogP contribution in [0.4, 0.5) is 0 Å². The molecule has 0 N–H and O–H groups in total. The molecule has 0 atom stereocenters. The largest absolute Gasteiger partial charge is 0.497 e. The number of ether oxygens (including phenoxy) is 3. The van der Waals surface area contributed by atoms with Crippen molar-refractivity contribution in [2.75, 3.05) is 20.8 Å². The molecule has 33 heavy (non-hydrogen) atoms. The van der Waals surface area contributed by atoms with Gasteiger partial charge in [0, 0.05) is 25.0 Å². The third-order valence-corrected chi connectivity index (χ3v) is 6.18. The minimum atomic E-state index is 0.320. The molecule has 6 nitrogen and oxygen atoms in total. The van der Waals surface area contributed by atoms with Gasteiger partial charge < -0.3 is 18.8 Å². The molecule has 0 amide bonds. The summed E-state index contributed by atoms with van der Waals surface area (Å²) in [6, 6.07) is 26.3. The van der Waals surface area contributed by atoms with Gasteiger partial charge in [-0.2, -0.15) is 0 Å². The molecule has 0 aliphatic carbocycles. The smallest absolute Gasteiger partial charge is 0.191 e. The van der Waals surface area contributed by atoms with Crippen molar-refractivity contribution in [2.45, 2.75) is 24.1 Å². The van der Waals surface area contributed by atoms with Crippen molar-refractivity contribution in [1.29, 1.82) is 0 Å². The predicted molar refractivity (Wildman–Crippen MR) is 131 cm³/mol. The molecule has 7 heteroatoms. The van der Waals surface area contributed by atoms with Gasteiger partial charge in [-0.05, 0) is 29.3 Å². The molecular formula is C26H27N3O3S. The summed E-state index contributed by atoms with van der Waals surface area (Å²) >= 11 is 1.63. The third kappa shape index (κ3) is 5.94. The number of methoxy groups -OCH3 is 2. The highest BCUT2D eigenvalue weighted by molar-refractivity contribution is 7.98. The van der Waals surface area contributed by atoms with E-state index in [9.17, 15) is 0 Å². The Morgan fingerprint density at radius 3 is 2.52 bits per heavy atom. The Labute approximate surface area is 198 Å². The molecule has 0 unspecified atom stereocenters. The van der Waals surface area contributed by atoms with E-state index < -0.39 is 0 Å². The normalized spacial score (nSPS) is 10.8. The molecule has 170 valence electrons. The highest BCUT2D eigenvalue weighted by Crippen LogP contribution is 2.30. The van der Waals surface area contributed by atoms with Gasteiger partial charge in [0.2, 0.25) is 0 Å². The van der Waals surface area contributed by atoms with Gasteiger partial charge in [-0.15, -0.1) is 10.2 Å². The van der Waals surface area contributed by atoms with Crippen LogP contribution in [0.15, 0.2) is 84.0 Å². The quantitative estimate of drug-likeness (QED) is 0.276. The molecule has 0 saturated carbocycles. The van der Waals surface area contributed by atoms with Crippen LogP contribution in [0.5, 0.6) is 11.5 Å². The van der Waals surface area contributed by atoms with Crippen LogP contribution in [0.3, 0.4) is 0 Å². The first-order chi connectivity index (χ1) is 16.3. The van der Waals surface area contributed by atoms with Crippen LogP contribution in [0.2, 0.25) is 0 Å². The van der Waals surface area contributed by atoms with Gasteiger partial charge in [-0.25, -0.2) is 0 Å². The second-order valence-corrected chi connectivity index (χ2v) is 8.28. The first-order valence-electron chi connectivity index (χ1n) is 10.7. The molecule has 4 rings (SSSR count). The van der Waals surface area contributed by atoms with Gasteiger partial charge >= 0.3 is 0 Å². The van der Waals surface area contributed by atoms with Crippen LogP contribution in [0, 0.1) is 0 Å². The second kappa shape index (κ2) is 11.5. The van der Waals surface area contributed by atoms with Crippen molar-refractivity contribution in [3.63, 3.8) is 0 Å². The topological polar surface area (TPSA) is 58.4 Å². The Morgan fingerprint density at radius 2 is 1.70 bits per heavy atom. The molecular weight excluding hydrogens is 434 g/mol. The zero-order valence-corrected chi connectivity index (χ0v) is 19.6. The van der Waals surface area contributed by atoms with Crippen LogP contribution in [-0.2, 0) is 23.6 Å². The number of hydrogen-bond donors (Lipinski definition) is 0. The van der Waals surface area contributed by atoms with E-state index in [1.165, 1.54) is 0 Å². The maximum absolute atomic E-state index is 6.21. The van der Waals surface area contributed by atoms with Crippen molar-refractivity contribution < 1.29 is 14.2 Å². The van der Waals surface area contributed by atoms with Crippen molar-refractivity contribution >= 4 is 11.8 Å². The molecule has 0 fully saturated rings. The zero-order valence-electron chi connectivity index (χ0n) is 18.8. The zero-order chi connectivity index (χ0) is 22.9. The van der Waals surface area contributed by atoms with E-state index in [2.05, 4.69) is 39.0 Å². The summed E-state index contributed by atoms with van der Waals surface area (Å²) in [6.45, 7) is 1.54. The average molecular weight is 462 g/mol. The monoisotopic (exact) mass is 461 g/mol. The number of benzene rings is 3. The lowest BCUT2D eigenvalue weighted by molar-refractivity contribution is 0.181. The Balaban J connectivity index is 1.50. The van der Waals surface area contributed by atoms with Crippen LogP contribution < -0.4 is 9.47 Å². The summed E-state index contributed by atoms with van der Waals surface area (Å²) in [7, 11) is 3.37. The maximum atomic E-state index is 6.21. The maximum Gasteiger partial charge on any atom is 0.191 e. The highest BCUT2D eigenvalue weighted by atomic mass is 32.2. The molecule has 0 saturated heterocycles. The first-order valence-corrected chi connectivity index (χ1v) is 11.7. The SMILES string of the molecule is COCCn1c(COc2ccccc2-c2ccccc2)nnc1SCc1cccc(OC)c1. The number of nitrogens with zero attached hydrogens (tertiary/aromatic N) is 3. The molecule has 1 heterocycles. The minimum Gasteiger partial charge on any atom is -0.497 e. The number of aromatic nitrogens is 3. The van der Waals surface area contributed by atoms with Crippen LogP contribution in [0.1, 0.15) is 11.4 Å². The molecule has 4 aromatic rings. The molecule has 0 spiro atoms. The van der Waals surface area contributed by atoms with Crippen LogP contribution >= 0.6 is 11.8 Å². The van der Waals surface area contributed by atoms with E-state index in [4.69, 9.17) is 14.2 Å². The van der Waals surface area contributed by atoms with Gasteiger partial charge in [0.05, 0.1) is 13.7 Å². The number of rotatable bonds is 11. The molecule has 0 radical (unpaired) electrons. The Hall–Kier alpha value is -3.29. The summed E-state index contributed by atoms with van der Waals surface area (Å²) in [6.07, 6.45) is 0. The number of para-hydroxylation sites is 1. The van der Waals surface area contributed by atoms with Gasteiger partial charge in [-0.3, -0.25) is 0 Å². The molecule has 0 aliphatic rings. The fourth-order valence-corrected chi connectivity index (χ4v) is 4.37. The summed E-state index contributed by atoms with van der Waals surface area (Å²) < 4.78 is 18.9. The Bertz CT molecular complexity index is 1160. The van der Waals surface area contributed by atoms with Crippen molar-refractivity contribution in [3.8, 4) is 22.6 Å². The standard InChI is InChI=1S/C26H27N3O3S/c1-30-16-15-29-25(27-28-26(29)33-19-20-9-8-12-22(17-20)31-2)18-32-24-14-7-6-13-23(24)21-10-4-3-5-11-21/h3-14,17H,15-16,18-19H2,1-2H3. The highest BCUT2D eigenvalue weighted by Gasteiger charge is 2.15. The minimum absolute atomic E-state index is 0.320. The summed E-state index contributed by atoms with van der Waals surface area (Å²) in [5.41, 5.74) is 3.33. The first kappa shape index (κ1) is 22.9. The van der Waals surface area contributed by atoms with Gasteiger partial charge in [0.25, 0.3) is 0 Å². The summed E-state index contributed by atoms with van der Waals surface area (Å²) in [5.74, 6) is 3.19. The fraction of sp³-hybridized carbons (Fsp3) is 0.231. The lowest BCUT2D eigenvalue weighted by atomic mass is 10.1. The van der Waals surface area contributed by atoms with Crippen molar-refractivity contribution in [3.05, 3.63) is 90.3 Å². The van der Waals surface area contributed by atoms with Gasteiger partial charge in [0.1, 0.15) is 18.1 Å². The van der Waals surface area contributed by atoms with Gasteiger partial charge in [0.15, 0.2) is 11.0 Å². The van der Waals surface area contributed by atoms with E-state index in [1.807, 2.05) is 54.6 Å². The average Bonchev–Trinajstić information content (AvgIpc) is 3.27. The molecule has 1 aromatic heterocycles. The van der Waals surface area contributed by atoms with E-state index in [0.717, 1.165) is 44.9 Å². The van der Waals surface area contributed by atoms with Gasteiger partial charge in [-0.1, -0.05) is 72.4 Å². The van der Waals surface area contributed by atoms with E-state index >= 15 is 0 Å². The van der Waals surface area contributed by atoms with E-state index in [0.29, 0.717) is 19.8 Å². The van der Waals surface area contributed by atoms with Crippen LogP contribution in [-0.4, -0.2) is 35.6 Å². The van der Waals surface area contributed by atoms with E-state index in [1.54, 1.807) is 26.0 Å². The van der Waals surface area contributed by atoms with Crippen molar-refractivity contribution in [1.82, 2.24) is 14.8 Å². The fourth-order valence-electron chi connectivity index (χ4n) is 3.44. The van der Waals surface area contributed by atoms with Crippen molar-refractivity contribution in [2.24, 2.45) is 0 Å². The Morgan fingerprint density at radius 1 is 0.879 bits per heavy atom. The number of hydrogen-bond acceptors (Lipinski definition) is 6. The lowest BCUT2D eigenvalue weighted by Crippen LogP contribution is -2.12. The van der Waals surface area contributed by atoms with Crippen LogP contribution in [0.25, 0.3) is 11.1 Å². The second-order valence-electron chi connectivity index (χ2n) is 7.33.